The summed E-state index contributed by atoms with van der Waals surface area (Å²) in [5, 5.41) is 0. The van der Waals surface area contributed by atoms with Crippen LogP contribution in [0.5, 0.6) is 0 Å². The normalized spacial score (nSPS) is 35.0. The van der Waals surface area contributed by atoms with Crippen LogP contribution < -0.4 is 5.73 Å². The van der Waals surface area contributed by atoms with Gasteiger partial charge in [-0.15, -0.1) is 0 Å². The van der Waals surface area contributed by atoms with Crippen LogP contribution in [0.1, 0.15) is 39.0 Å². The van der Waals surface area contributed by atoms with Gasteiger partial charge in [0.2, 0.25) is 0 Å². The Balaban J connectivity index is 1.97. The van der Waals surface area contributed by atoms with Crippen LogP contribution in [-0.4, -0.2) is 18.2 Å². The third-order valence-corrected chi connectivity index (χ3v) is 3.42. The molecular weight excluding hydrogens is 150 g/mol. The van der Waals surface area contributed by atoms with E-state index in [1.54, 1.807) is 0 Å². The highest BCUT2D eigenvalue weighted by Crippen LogP contribution is 2.45. The molecule has 2 rings (SSSR count). The van der Waals surface area contributed by atoms with E-state index in [-0.39, 0.29) is 5.54 Å². The Bertz CT molecular complexity index is 159. The summed E-state index contributed by atoms with van der Waals surface area (Å²) in [5.74, 6) is 0.625. The molecule has 0 aromatic heterocycles. The van der Waals surface area contributed by atoms with Gasteiger partial charge in [0.25, 0.3) is 0 Å². The first-order chi connectivity index (χ1) is 5.76. The van der Waals surface area contributed by atoms with Gasteiger partial charge in [0.1, 0.15) is 0 Å². The predicted octanol–water partition coefficient (Wildman–Crippen LogP) is 1.68. The molecule has 1 saturated heterocycles. The van der Waals surface area contributed by atoms with Gasteiger partial charge >= 0.3 is 0 Å². The Morgan fingerprint density at radius 3 is 2.75 bits per heavy atom. The SMILES string of the molecule is CCC(C1CCCO1)C1(N)CC1. The topological polar surface area (TPSA) is 35.2 Å². The second-order valence-electron chi connectivity index (χ2n) is 4.30. The minimum Gasteiger partial charge on any atom is -0.378 e. The fourth-order valence-corrected chi connectivity index (χ4v) is 2.47. The van der Waals surface area contributed by atoms with E-state index < -0.39 is 0 Å². The zero-order chi connectivity index (χ0) is 8.60. The Hall–Kier alpha value is -0.0800. The molecule has 0 radical (unpaired) electrons. The maximum absolute atomic E-state index is 6.20. The first-order valence-electron chi connectivity index (χ1n) is 5.17. The Morgan fingerprint density at radius 2 is 2.33 bits per heavy atom. The predicted molar refractivity (Wildman–Crippen MR) is 48.9 cm³/mol. The third kappa shape index (κ3) is 1.38. The van der Waals surface area contributed by atoms with E-state index in [0.29, 0.717) is 12.0 Å². The van der Waals surface area contributed by atoms with E-state index in [9.17, 15) is 0 Å². The highest BCUT2D eigenvalue weighted by atomic mass is 16.5. The lowest BCUT2D eigenvalue weighted by Crippen LogP contribution is -2.39. The van der Waals surface area contributed by atoms with Gasteiger partial charge in [0.15, 0.2) is 0 Å². The second-order valence-corrected chi connectivity index (χ2v) is 4.30. The molecule has 1 heterocycles. The third-order valence-electron chi connectivity index (χ3n) is 3.42. The lowest BCUT2D eigenvalue weighted by atomic mass is 9.88. The molecule has 2 fully saturated rings. The highest BCUT2D eigenvalue weighted by Gasteiger charge is 2.48. The summed E-state index contributed by atoms with van der Waals surface area (Å²) >= 11 is 0. The monoisotopic (exact) mass is 169 g/mol. The molecule has 70 valence electrons. The average molecular weight is 169 g/mol. The second kappa shape index (κ2) is 3.00. The van der Waals surface area contributed by atoms with Gasteiger partial charge in [-0.2, -0.15) is 0 Å². The molecule has 2 aliphatic rings. The van der Waals surface area contributed by atoms with Crippen LogP contribution in [-0.2, 0) is 4.74 Å². The average Bonchev–Trinajstić information content (AvgIpc) is 2.63. The van der Waals surface area contributed by atoms with Gasteiger partial charge < -0.3 is 10.5 Å². The number of nitrogens with two attached hydrogens (primary N) is 1. The summed E-state index contributed by atoms with van der Waals surface area (Å²) in [6.45, 7) is 3.19. The molecule has 1 saturated carbocycles. The number of hydrogen-bond acceptors (Lipinski definition) is 2. The van der Waals surface area contributed by atoms with E-state index in [1.165, 1.54) is 32.1 Å². The first-order valence-corrected chi connectivity index (χ1v) is 5.17. The van der Waals surface area contributed by atoms with E-state index in [0.717, 1.165) is 6.61 Å². The molecule has 1 aliphatic heterocycles. The highest BCUT2D eigenvalue weighted by molar-refractivity contribution is 5.06. The molecule has 2 N–H and O–H groups in total. The summed E-state index contributed by atoms with van der Waals surface area (Å²) < 4.78 is 5.69. The van der Waals surface area contributed by atoms with Crippen LogP contribution in [0.4, 0.5) is 0 Å². The van der Waals surface area contributed by atoms with Crippen molar-refractivity contribution in [3.63, 3.8) is 0 Å². The standard InChI is InChI=1S/C10H19NO/c1-2-8(10(11)5-6-10)9-4-3-7-12-9/h8-9H,2-7,11H2,1H3. The Labute approximate surface area is 74.5 Å². The van der Waals surface area contributed by atoms with Gasteiger partial charge in [-0.3, -0.25) is 0 Å². The van der Waals surface area contributed by atoms with E-state index >= 15 is 0 Å². The smallest absolute Gasteiger partial charge is 0.0621 e. The number of rotatable bonds is 3. The van der Waals surface area contributed by atoms with Gasteiger partial charge in [0.05, 0.1) is 6.10 Å². The molecule has 1 aliphatic carbocycles. The maximum atomic E-state index is 6.20. The Kier molecular flexibility index (Phi) is 2.13. The van der Waals surface area contributed by atoms with Crippen LogP contribution in [0.15, 0.2) is 0 Å². The molecule has 12 heavy (non-hydrogen) atoms. The van der Waals surface area contributed by atoms with Crippen LogP contribution in [0.25, 0.3) is 0 Å². The van der Waals surface area contributed by atoms with Crippen molar-refractivity contribution in [3.8, 4) is 0 Å². The van der Waals surface area contributed by atoms with E-state index in [4.69, 9.17) is 10.5 Å². The number of ether oxygens (including phenoxy) is 1. The van der Waals surface area contributed by atoms with Gasteiger partial charge in [-0.1, -0.05) is 6.92 Å². The summed E-state index contributed by atoms with van der Waals surface area (Å²) in [6.07, 6.45) is 6.55. The van der Waals surface area contributed by atoms with Crippen LogP contribution in [0.3, 0.4) is 0 Å². The molecule has 0 aromatic carbocycles. The maximum Gasteiger partial charge on any atom is 0.0621 e. The van der Waals surface area contributed by atoms with Crippen molar-refractivity contribution < 1.29 is 4.74 Å². The van der Waals surface area contributed by atoms with Crippen molar-refractivity contribution in [1.29, 1.82) is 0 Å². The quantitative estimate of drug-likeness (QED) is 0.697. The zero-order valence-corrected chi connectivity index (χ0v) is 7.88. The molecule has 2 nitrogen and oxygen atoms in total. The molecule has 2 atom stereocenters. The van der Waals surface area contributed by atoms with E-state index in [1.807, 2.05) is 0 Å². The minimum atomic E-state index is 0.157. The van der Waals surface area contributed by atoms with Crippen LogP contribution in [0, 0.1) is 5.92 Å². The number of hydrogen-bond donors (Lipinski definition) is 1. The molecule has 2 heteroatoms. The summed E-state index contributed by atoms with van der Waals surface area (Å²) in [5.41, 5.74) is 6.36. The largest absolute Gasteiger partial charge is 0.378 e. The fourth-order valence-electron chi connectivity index (χ4n) is 2.47. The van der Waals surface area contributed by atoms with E-state index in [2.05, 4.69) is 6.92 Å². The van der Waals surface area contributed by atoms with Crippen molar-refractivity contribution in [2.24, 2.45) is 11.7 Å². The lowest BCUT2D eigenvalue weighted by Gasteiger charge is -2.27. The lowest BCUT2D eigenvalue weighted by molar-refractivity contribution is 0.0467. The Morgan fingerprint density at radius 1 is 1.58 bits per heavy atom. The molecule has 0 aromatic rings. The zero-order valence-electron chi connectivity index (χ0n) is 7.88. The van der Waals surface area contributed by atoms with Crippen molar-refractivity contribution in [2.45, 2.75) is 50.7 Å². The van der Waals surface area contributed by atoms with Crippen LogP contribution in [0.2, 0.25) is 0 Å². The molecule has 2 unspecified atom stereocenters. The molecular formula is C10H19NO. The molecule has 0 spiro atoms. The van der Waals surface area contributed by atoms with Crippen molar-refractivity contribution >= 4 is 0 Å². The molecule has 0 amide bonds. The van der Waals surface area contributed by atoms with Gasteiger partial charge in [0, 0.05) is 18.1 Å². The van der Waals surface area contributed by atoms with Crippen molar-refractivity contribution in [3.05, 3.63) is 0 Å². The van der Waals surface area contributed by atoms with Crippen molar-refractivity contribution in [2.75, 3.05) is 6.61 Å². The summed E-state index contributed by atoms with van der Waals surface area (Å²) in [4.78, 5) is 0. The summed E-state index contributed by atoms with van der Waals surface area (Å²) in [6, 6.07) is 0. The summed E-state index contributed by atoms with van der Waals surface area (Å²) in [7, 11) is 0. The van der Waals surface area contributed by atoms with Crippen molar-refractivity contribution in [1.82, 2.24) is 0 Å². The fraction of sp³-hybridized carbons (Fsp3) is 1.00. The first kappa shape index (κ1) is 8.52. The van der Waals surface area contributed by atoms with Gasteiger partial charge in [-0.05, 0) is 32.1 Å². The molecule has 0 bridgehead atoms. The van der Waals surface area contributed by atoms with Gasteiger partial charge in [-0.25, -0.2) is 0 Å². The minimum absolute atomic E-state index is 0.157. The van der Waals surface area contributed by atoms with Crippen LogP contribution >= 0.6 is 0 Å².